The number of carboxylic acid groups (broad SMARTS) is 1. The van der Waals surface area contributed by atoms with Crippen LogP contribution in [0.4, 0.5) is 0 Å². The van der Waals surface area contributed by atoms with Gasteiger partial charge in [-0.25, -0.2) is 0 Å². The van der Waals surface area contributed by atoms with Crippen LogP contribution in [0.1, 0.15) is 31.9 Å². The molecule has 0 saturated carbocycles. The summed E-state index contributed by atoms with van der Waals surface area (Å²) < 4.78 is 5.29. The summed E-state index contributed by atoms with van der Waals surface area (Å²) in [5, 5.41) is 13.2. The first kappa shape index (κ1) is 14.0. The van der Waals surface area contributed by atoms with Gasteiger partial charge in [-0.15, -0.1) is 0 Å². The molecule has 1 rings (SSSR count). The molecule has 0 radical (unpaired) electrons. The Kier molecular flexibility index (Phi) is 5.17. The van der Waals surface area contributed by atoms with Gasteiger partial charge in [0, 0.05) is 19.3 Å². The van der Waals surface area contributed by atoms with Crippen molar-refractivity contribution in [1.29, 1.82) is 0 Å². The van der Waals surface area contributed by atoms with Crippen LogP contribution in [0.25, 0.3) is 0 Å². The van der Waals surface area contributed by atoms with Crippen molar-refractivity contribution in [3.05, 3.63) is 29.8 Å². The van der Waals surface area contributed by atoms with Gasteiger partial charge in [-0.2, -0.15) is 0 Å². The molecule has 0 aliphatic heterocycles. The lowest BCUT2D eigenvalue weighted by molar-refractivity contribution is -0.306. The maximum Gasteiger partial charge on any atom is 0.217 e. The molecular weight excluding hydrogens is 234 g/mol. The van der Waals surface area contributed by atoms with Crippen LogP contribution in [0.15, 0.2) is 24.3 Å². The van der Waals surface area contributed by atoms with E-state index in [1.54, 1.807) is 24.3 Å². The molecule has 0 unspecified atom stereocenters. The Hall–Kier alpha value is -2.04. The Labute approximate surface area is 106 Å². The summed E-state index contributed by atoms with van der Waals surface area (Å²) in [5.41, 5.74) is 0.706. The van der Waals surface area contributed by atoms with Crippen molar-refractivity contribution in [2.45, 2.75) is 26.3 Å². The van der Waals surface area contributed by atoms with Gasteiger partial charge < -0.3 is 20.0 Å². The van der Waals surface area contributed by atoms with Gasteiger partial charge >= 0.3 is 0 Å². The van der Waals surface area contributed by atoms with Crippen molar-refractivity contribution in [3.63, 3.8) is 0 Å². The minimum Gasteiger partial charge on any atom is -0.550 e. The van der Waals surface area contributed by atoms with Crippen LogP contribution in [-0.2, 0) is 9.59 Å². The highest BCUT2D eigenvalue weighted by molar-refractivity contribution is 5.75. The first-order valence-electron chi connectivity index (χ1n) is 5.72. The number of carbonyl (C=O) groups excluding carboxylic acids is 2. The van der Waals surface area contributed by atoms with Crippen molar-refractivity contribution >= 4 is 11.9 Å². The number of carboxylic acids is 1. The normalized spacial score (nSPS) is 11.7. The van der Waals surface area contributed by atoms with Crippen molar-refractivity contribution in [2.75, 3.05) is 6.61 Å². The number of ether oxygens (including phenoxy) is 1. The molecule has 1 aromatic rings. The van der Waals surface area contributed by atoms with Gasteiger partial charge in [-0.1, -0.05) is 12.1 Å². The van der Waals surface area contributed by atoms with Gasteiger partial charge in [0.05, 0.1) is 12.6 Å². The molecule has 0 aromatic heterocycles. The van der Waals surface area contributed by atoms with Gasteiger partial charge in [0.2, 0.25) is 5.91 Å². The van der Waals surface area contributed by atoms with E-state index in [1.807, 2.05) is 6.92 Å². The average molecular weight is 250 g/mol. The second-order valence-electron chi connectivity index (χ2n) is 3.83. The molecule has 0 heterocycles. The molecular formula is C13H16NO4-. The topological polar surface area (TPSA) is 78.5 Å². The Morgan fingerprint density at radius 3 is 2.39 bits per heavy atom. The number of hydrogen-bond acceptors (Lipinski definition) is 4. The smallest absolute Gasteiger partial charge is 0.217 e. The van der Waals surface area contributed by atoms with Crippen molar-refractivity contribution < 1.29 is 19.4 Å². The third-order valence-corrected chi connectivity index (χ3v) is 2.34. The molecule has 18 heavy (non-hydrogen) atoms. The van der Waals surface area contributed by atoms with Crippen molar-refractivity contribution in [1.82, 2.24) is 5.32 Å². The standard InChI is InChI=1S/C13H17NO4/c1-3-18-11-6-4-10(5-7-11)12(8-13(16)17)14-9(2)15/h4-7,12H,3,8H2,1-2H3,(H,14,15)(H,16,17)/p-1/t12-/m0/s1. The highest BCUT2D eigenvalue weighted by Gasteiger charge is 2.13. The number of amides is 1. The maximum atomic E-state index is 11.0. The monoisotopic (exact) mass is 250 g/mol. The lowest BCUT2D eigenvalue weighted by atomic mass is 10.0. The molecule has 0 fully saturated rings. The highest BCUT2D eigenvalue weighted by atomic mass is 16.5. The number of hydrogen-bond donors (Lipinski definition) is 1. The average Bonchev–Trinajstić information content (AvgIpc) is 2.28. The number of rotatable bonds is 6. The summed E-state index contributed by atoms with van der Waals surface area (Å²) in [7, 11) is 0. The quantitative estimate of drug-likeness (QED) is 0.792. The zero-order valence-electron chi connectivity index (χ0n) is 10.4. The van der Waals surface area contributed by atoms with Gasteiger partial charge in [0.1, 0.15) is 5.75 Å². The van der Waals surface area contributed by atoms with E-state index in [1.165, 1.54) is 6.92 Å². The van der Waals surface area contributed by atoms with Crippen LogP contribution in [0, 0.1) is 0 Å². The molecule has 1 amide bonds. The lowest BCUT2D eigenvalue weighted by Gasteiger charge is -2.19. The van der Waals surface area contributed by atoms with Crippen molar-refractivity contribution in [2.24, 2.45) is 0 Å². The fourth-order valence-electron chi connectivity index (χ4n) is 1.63. The van der Waals surface area contributed by atoms with E-state index in [-0.39, 0.29) is 12.3 Å². The first-order valence-corrected chi connectivity index (χ1v) is 5.72. The number of carbonyl (C=O) groups is 2. The molecule has 0 saturated heterocycles. The molecule has 0 aliphatic carbocycles. The first-order chi connectivity index (χ1) is 8.52. The second kappa shape index (κ2) is 6.64. The van der Waals surface area contributed by atoms with Crippen LogP contribution in [0.3, 0.4) is 0 Å². The molecule has 98 valence electrons. The Morgan fingerprint density at radius 1 is 1.33 bits per heavy atom. The minimum absolute atomic E-state index is 0.256. The van der Waals surface area contributed by atoms with Crippen molar-refractivity contribution in [3.8, 4) is 5.75 Å². The third kappa shape index (κ3) is 4.45. The Balaban J connectivity index is 2.83. The largest absolute Gasteiger partial charge is 0.550 e. The molecule has 5 heteroatoms. The van der Waals surface area contributed by atoms with Crippen LogP contribution in [-0.4, -0.2) is 18.5 Å². The van der Waals surface area contributed by atoms with E-state index in [0.29, 0.717) is 17.9 Å². The fourth-order valence-corrected chi connectivity index (χ4v) is 1.63. The van der Waals surface area contributed by atoms with E-state index in [4.69, 9.17) is 4.74 Å². The summed E-state index contributed by atoms with van der Waals surface area (Å²) >= 11 is 0. The number of aliphatic carboxylic acids is 1. The summed E-state index contributed by atoms with van der Waals surface area (Å²) in [4.78, 5) is 21.7. The van der Waals surface area contributed by atoms with Gasteiger partial charge in [0.25, 0.3) is 0 Å². The zero-order valence-corrected chi connectivity index (χ0v) is 10.4. The van der Waals surface area contributed by atoms with Crippen LogP contribution >= 0.6 is 0 Å². The second-order valence-corrected chi connectivity index (χ2v) is 3.83. The van der Waals surface area contributed by atoms with E-state index in [9.17, 15) is 14.7 Å². The van der Waals surface area contributed by atoms with E-state index in [0.717, 1.165) is 0 Å². The fraction of sp³-hybridized carbons (Fsp3) is 0.385. The lowest BCUT2D eigenvalue weighted by Crippen LogP contribution is -2.33. The summed E-state index contributed by atoms with van der Waals surface area (Å²) in [6.45, 7) is 3.79. The molecule has 0 bridgehead atoms. The minimum atomic E-state index is -1.21. The Morgan fingerprint density at radius 2 is 1.94 bits per heavy atom. The van der Waals surface area contributed by atoms with Crippen LogP contribution in [0.2, 0.25) is 0 Å². The molecule has 1 aromatic carbocycles. The van der Waals surface area contributed by atoms with E-state index in [2.05, 4.69) is 5.32 Å². The van der Waals surface area contributed by atoms with Crippen LogP contribution in [0.5, 0.6) is 5.75 Å². The third-order valence-electron chi connectivity index (χ3n) is 2.34. The highest BCUT2D eigenvalue weighted by Crippen LogP contribution is 2.20. The maximum absolute atomic E-state index is 11.0. The van der Waals surface area contributed by atoms with Crippen LogP contribution < -0.4 is 15.2 Å². The molecule has 0 aliphatic rings. The molecule has 0 spiro atoms. The van der Waals surface area contributed by atoms with E-state index >= 15 is 0 Å². The molecule has 5 nitrogen and oxygen atoms in total. The molecule has 1 N–H and O–H groups in total. The van der Waals surface area contributed by atoms with E-state index < -0.39 is 12.0 Å². The SMILES string of the molecule is CCOc1ccc([C@H](CC(=O)[O-])NC(C)=O)cc1. The summed E-state index contributed by atoms with van der Waals surface area (Å²) in [5.74, 6) is -0.783. The summed E-state index contributed by atoms with van der Waals surface area (Å²) in [6.07, 6.45) is -0.256. The number of nitrogens with one attached hydrogen (secondary N) is 1. The van der Waals surface area contributed by atoms with Gasteiger partial charge in [0.15, 0.2) is 0 Å². The predicted molar refractivity (Wildman–Crippen MR) is 63.8 cm³/mol. The number of benzene rings is 1. The van der Waals surface area contributed by atoms with Gasteiger partial charge in [-0.3, -0.25) is 4.79 Å². The Bertz CT molecular complexity index is 398. The molecule has 1 atom stereocenters. The zero-order chi connectivity index (χ0) is 13.5. The van der Waals surface area contributed by atoms with Gasteiger partial charge in [-0.05, 0) is 24.6 Å². The summed E-state index contributed by atoms with van der Waals surface area (Å²) in [6, 6.07) is 6.36. The predicted octanol–water partition coefficient (Wildman–Crippen LogP) is 0.402.